The van der Waals surface area contributed by atoms with Crippen LogP contribution in [0.25, 0.3) is 21.6 Å². The van der Waals surface area contributed by atoms with Crippen LogP contribution in [0.2, 0.25) is 0 Å². The number of benzene rings is 4. The van der Waals surface area contributed by atoms with Crippen LogP contribution < -0.4 is 25.2 Å². The number of unbranched alkanes of at least 4 members (excludes halogenated alkanes) is 1. The van der Waals surface area contributed by atoms with Crippen molar-refractivity contribution in [2.75, 3.05) is 75.8 Å². The van der Waals surface area contributed by atoms with Gasteiger partial charge in [-0.2, -0.15) is 18.4 Å². The van der Waals surface area contributed by atoms with Gasteiger partial charge in [0.25, 0.3) is 5.91 Å². The Morgan fingerprint density at radius 3 is 2.00 bits per heavy atom. The van der Waals surface area contributed by atoms with Gasteiger partial charge in [-0.3, -0.25) is 28.9 Å². The summed E-state index contributed by atoms with van der Waals surface area (Å²) in [4.78, 5) is 90.1. The van der Waals surface area contributed by atoms with Gasteiger partial charge in [-0.05, 0) is 137 Å². The number of amides is 4. The molecule has 2 aliphatic heterocycles. The van der Waals surface area contributed by atoms with E-state index in [2.05, 4.69) is 15.6 Å². The van der Waals surface area contributed by atoms with Crippen molar-refractivity contribution in [3.8, 4) is 33.4 Å². The number of rotatable bonds is 29. The van der Waals surface area contributed by atoms with Crippen molar-refractivity contribution >= 4 is 75.6 Å². The molecule has 488 valence electrons. The maximum atomic E-state index is 14.6. The highest BCUT2D eigenvalue weighted by Gasteiger charge is 2.51. The van der Waals surface area contributed by atoms with Crippen LogP contribution in [0.5, 0.6) is 5.75 Å². The molecule has 20 nitrogen and oxygen atoms in total. The van der Waals surface area contributed by atoms with Crippen LogP contribution in [0.3, 0.4) is 0 Å². The molecular weight excluding hydrogens is 1220 g/mol. The summed E-state index contributed by atoms with van der Waals surface area (Å²) in [6.07, 6.45) is -4.43. The van der Waals surface area contributed by atoms with E-state index < -0.39 is 88.3 Å². The third kappa shape index (κ3) is 19.6. The molecular formula is C66H78F3N7O13S2. The summed E-state index contributed by atoms with van der Waals surface area (Å²) in [7, 11) is 0. The predicted octanol–water partition coefficient (Wildman–Crippen LogP) is 9.91. The molecule has 91 heavy (non-hydrogen) atoms. The second-order valence-corrected chi connectivity index (χ2v) is 25.6. The first-order valence-electron chi connectivity index (χ1n) is 29.8. The van der Waals surface area contributed by atoms with Gasteiger partial charge in [0.1, 0.15) is 48.3 Å². The van der Waals surface area contributed by atoms with E-state index in [0.29, 0.717) is 30.9 Å². The molecule has 7 rings (SSSR count). The second-order valence-electron chi connectivity index (χ2n) is 24.4. The average Bonchev–Trinajstić information content (AvgIpc) is 1.60. The smallest absolute Gasteiger partial charge is 0.417 e. The first-order valence-corrected chi connectivity index (χ1v) is 31.1. The molecule has 5 aromatic rings. The number of nitriles is 1. The first kappa shape index (κ1) is 70.6. The molecule has 0 spiro atoms. The summed E-state index contributed by atoms with van der Waals surface area (Å²) < 4.78 is 80.7. The number of alkyl halides is 3. The fraction of sp³-hybridized carbons (Fsp3) is 0.470. The largest absolute Gasteiger partial charge is 0.494 e. The van der Waals surface area contributed by atoms with E-state index in [-0.39, 0.29) is 88.9 Å². The van der Waals surface area contributed by atoms with E-state index in [1.807, 2.05) is 67.6 Å². The molecule has 0 radical (unpaired) electrons. The summed E-state index contributed by atoms with van der Waals surface area (Å²) in [6.45, 7) is 16.7. The lowest BCUT2D eigenvalue weighted by Gasteiger charge is -2.35. The maximum absolute atomic E-state index is 14.6. The number of thiocarbonyl (C=S) groups is 1. The Morgan fingerprint density at radius 1 is 0.780 bits per heavy atom. The van der Waals surface area contributed by atoms with E-state index >= 15 is 0 Å². The molecule has 2 aliphatic rings. The van der Waals surface area contributed by atoms with Crippen LogP contribution in [0, 0.1) is 23.7 Å². The van der Waals surface area contributed by atoms with Gasteiger partial charge in [-0.25, -0.2) is 9.78 Å². The molecule has 0 saturated carbocycles. The lowest BCUT2D eigenvalue weighted by atomic mass is 9.85. The number of hydrogen-bond donors (Lipinski definition) is 2. The summed E-state index contributed by atoms with van der Waals surface area (Å²) in [5.41, 5.74) is 2.29. The van der Waals surface area contributed by atoms with Gasteiger partial charge in [0.15, 0.2) is 5.11 Å². The van der Waals surface area contributed by atoms with Gasteiger partial charge in [0, 0.05) is 25.3 Å². The number of aryl methyl sites for hydroxylation is 1. The Labute approximate surface area is 537 Å². The molecule has 1 aromatic heterocycles. The Balaban J connectivity index is 0.859. The molecule has 3 atom stereocenters. The molecule has 0 unspecified atom stereocenters. The molecule has 4 amide bonds. The minimum absolute atomic E-state index is 0.00197. The molecule has 25 heteroatoms. The van der Waals surface area contributed by atoms with Crippen molar-refractivity contribution in [1.29, 1.82) is 5.26 Å². The van der Waals surface area contributed by atoms with E-state index in [1.165, 1.54) is 22.3 Å². The molecule has 2 fully saturated rings. The summed E-state index contributed by atoms with van der Waals surface area (Å²) in [5.74, 6) is -2.50. The Morgan fingerprint density at radius 2 is 1.38 bits per heavy atom. The highest BCUT2D eigenvalue weighted by Crippen LogP contribution is 2.41. The van der Waals surface area contributed by atoms with Crippen LogP contribution >= 0.6 is 23.6 Å². The summed E-state index contributed by atoms with van der Waals surface area (Å²) in [5, 5.41) is 15.1. The Bertz CT molecular complexity index is 3400. The van der Waals surface area contributed by atoms with Crippen molar-refractivity contribution in [2.45, 2.75) is 130 Å². The predicted molar refractivity (Wildman–Crippen MR) is 339 cm³/mol. The van der Waals surface area contributed by atoms with Crippen molar-refractivity contribution in [2.24, 2.45) is 5.41 Å². The number of nitrogens with one attached hydrogen (secondary N) is 2. The number of esters is 2. The second kappa shape index (κ2) is 31.4. The first-order chi connectivity index (χ1) is 43.0. The lowest BCUT2D eigenvalue weighted by molar-refractivity contribution is -0.157. The lowest BCUT2D eigenvalue weighted by Crippen LogP contribution is -2.58. The molecule has 2 N–H and O–H groups in total. The minimum Gasteiger partial charge on any atom is -0.494 e. The number of halogens is 3. The third-order valence-electron chi connectivity index (χ3n) is 14.7. The van der Waals surface area contributed by atoms with Gasteiger partial charge in [0.05, 0.1) is 91.6 Å². The number of ether oxygens (including phenoxy) is 7. The van der Waals surface area contributed by atoms with Gasteiger partial charge in [-0.1, -0.05) is 69.3 Å². The van der Waals surface area contributed by atoms with Crippen molar-refractivity contribution < 1.29 is 75.1 Å². The zero-order chi connectivity index (χ0) is 66.3. The third-order valence-corrected chi connectivity index (χ3v) is 16.0. The van der Waals surface area contributed by atoms with Crippen LogP contribution in [0.15, 0.2) is 96.5 Å². The number of hydrogen-bond acceptors (Lipinski definition) is 17. The topological polar surface area (TPSA) is 237 Å². The number of nitrogens with zero attached hydrogens (tertiary/aromatic N) is 5. The highest BCUT2D eigenvalue weighted by atomic mass is 32.1. The van der Waals surface area contributed by atoms with Crippen molar-refractivity contribution in [3.05, 3.63) is 119 Å². The van der Waals surface area contributed by atoms with Crippen LogP contribution in [0.1, 0.15) is 103 Å². The normalized spacial score (nSPS) is 16.1. The van der Waals surface area contributed by atoms with Crippen molar-refractivity contribution in [3.63, 3.8) is 0 Å². The SMILES string of the molecule is Cc1ncsc1-c1ccc(CNC(=O)[C@@H]2C[C@@H](OC(=O)COCCOCCOCCC(=O)OC(C)(C)C)CN2C(=O)[C@@H](NC(=O)COCCCCOc2ccc(-c3ccc(N4C(=S)N(c5ccc(C#N)c(C(F)(F)F)c5)C(=O)C4(C)C)cc3)cc2)C(C)(C)C)cc1. The van der Waals surface area contributed by atoms with Gasteiger partial charge in [-0.15, -0.1) is 11.3 Å². The number of likely N-dealkylation sites (tertiary alicyclic amines) is 1. The van der Waals surface area contributed by atoms with Crippen LogP contribution in [-0.4, -0.2) is 146 Å². The number of aromatic nitrogens is 1. The zero-order valence-electron chi connectivity index (χ0n) is 52.6. The van der Waals surface area contributed by atoms with E-state index in [0.717, 1.165) is 49.9 Å². The fourth-order valence-electron chi connectivity index (χ4n) is 10.1. The Hall–Kier alpha value is -7.86. The number of anilines is 2. The van der Waals surface area contributed by atoms with E-state index in [9.17, 15) is 47.2 Å². The van der Waals surface area contributed by atoms with E-state index in [1.54, 1.807) is 84.0 Å². The highest BCUT2D eigenvalue weighted by molar-refractivity contribution is 7.81. The van der Waals surface area contributed by atoms with Crippen LogP contribution in [0.4, 0.5) is 24.5 Å². The fourth-order valence-corrected chi connectivity index (χ4v) is 11.4. The summed E-state index contributed by atoms with van der Waals surface area (Å²) >= 11 is 7.23. The number of carbonyl (C=O) groups is 6. The van der Waals surface area contributed by atoms with E-state index in [4.69, 9.17) is 45.4 Å². The van der Waals surface area contributed by atoms with Gasteiger partial charge >= 0.3 is 18.1 Å². The molecule has 2 saturated heterocycles. The molecule has 0 aliphatic carbocycles. The van der Waals surface area contributed by atoms with Crippen molar-refractivity contribution in [1.82, 2.24) is 20.5 Å². The quantitative estimate of drug-likeness (QED) is 0.0257. The molecule has 4 aromatic carbocycles. The standard InChI is InChI=1S/C66H78F3N7O13S2/c1-42-57(91-41-72-42)46-14-12-43(13-15-46)37-71-59(80)53-35-51(88-56(79)40-86-33-32-84-31-30-83-29-26-55(78)89-64(5,6)7)38-74(53)60(81)58(63(2,3)4)73-54(77)39-85-27-10-11-28-87-50-24-19-45(20-25-50)44-16-21-48(22-17-44)76-62(90)75(61(82)65(76,8)9)49-23-18-47(36-70)52(34-49)66(67,68)69/h12-25,34,41,51,53,58H,10-11,26-33,35,37-40H2,1-9H3,(H,71,80)(H,73,77)/t51-,53+,58-/m1/s1. The Kier molecular flexibility index (Phi) is 24.4. The van der Waals surface area contributed by atoms with Gasteiger partial charge < -0.3 is 53.6 Å². The monoisotopic (exact) mass is 1300 g/mol. The minimum atomic E-state index is -4.82. The number of thiazole rings is 1. The zero-order valence-corrected chi connectivity index (χ0v) is 54.2. The van der Waals surface area contributed by atoms with Gasteiger partial charge in [0.2, 0.25) is 17.7 Å². The number of carbonyl (C=O) groups excluding carboxylic acids is 6. The molecule has 3 heterocycles. The molecule has 0 bridgehead atoms. The van der Waals surface area contributed by atoms with Crippen LogP contribution in [-0.2, 0) is 69.9 Å². The average molecular weight is 1300 g/mol. The maximum Gasteiger partial charge on any atom is 0.417 e. The summed E-state index contributed by atoms with van der Waals surface area (Å²) in [6, 6.07) is 24.8.